The molecule has 0 aromatic rings. The van der Waals surface area contributed by atoms with Crippen LogP contribution in [0, 0.1) is 0 Å². The Morgan fingerprint density at radius 2 is 1.62 bits per heavy atom. The predicted molar refractivity (Wildman–Crippen MR) is 41.0 cm³/mol. The third kappa shape index (κ3) is 4.55. The maximum atomic E-state index is 11.9. The number of hydrogen-bond donors (Lipinski definition) is 0. The van der Waals surface area contributed by atoms with Crippen molar-refractivity contribution >= 4 is 5.97 Å². The summed E-state index contributed by atoms with van der Waals surface area (Å²) >= 11 is 0. The zero-order valence-corrected chi connectivity index (χ0v) is 7.66. The second-order valence-corrected chi connectivity index (χ2v) is 3.48. The van der Waals surface area contributed by atoms with E-state index >= 15 is 0 Å². The third-order valence-electron chi connectivity index (χ3n) is 0.987. The lowest BCUT2D eigenvalue weighted by Gasteiger charge is -2.20. The van der Waals surface area contributed by atoms with Crippen LogP contribution in [0.25, 0.3) is 0 Å². The molecule has 0 saturated carbocycles. The molecule has 0 amide bonds. The molecule has 2 nitrogen and oxygen atoms in total. The van der Waals surface area contributed by atoms with Crippen molar-refractivity contribution in [1.29, 1.82) is 0 Å². The molecule has 0 aliphatic heterocycles. The fourth-order valence-electron chi connectivity index (χ4n) is 0.455. The lowest BCUT2D eigenvalue weighted by Crippen LogP contribution is -2.29. The minimum atomic E-state index is -4.72. The highest BCUT2D eigenvalue weighted by Crippen LogP contribution is 2.26. The summed E-state index contributed by atoms with van der Waals surface area (Å²) in [7, 11) is 0. The molecular weight excluding hydrogens is 185 g/mol. The number of ether oxygens (including phenoxy) is 1. The van der Waals surface area contributed by atoms with Gasteiger partial charge in [0.1, 0.15) is 11.2 Å². The van der Waals surface area contributed by atoms with Gasteiger partial charge in [0.25, 0.3) is 0 Å². The quantitative estimate of drug-likeness (QED) is 0.475. The number of carbonyl (C=O) groups excluding carboxylic acids is 1. The standard InChI is InChI=1S/C8H11F3O2/c1-5(8(9,10)11)6(12)13-7(2,3)4/h1H2,2-4H3. The highest BCUT2D eigenvalue weighted by Gasteiger charge is 2.39. The van der Waals surface area contributed by atoms with Crippen LogP contribution in [0.5, 0.6) is 0 Å². The topological polar surface area (TPSA) is 26.3 Å². The molecule has 76 valence electrons. The Labute approximate surface area is 74.4 Å². The zero-order valence-electron chi connectivity index (χ0n) is 7.66. The third-order valence-corrected chi connectivity index (χ3v) is 0.987. The van der Waals surface area contributed by atoms with Crippen molar-refractivity contribution in [2.24, 2.45) is 0 Å². The molecule has 0 aromatic carbocycles. The van der Waals surface area contributed by atoms with E-state index in [9.17, 15) is 18.0 Å². The Balaban J connectivity index is 4.40. The molecule has 0 atom stereocenters. The van der Waals surface area contributed by atoms with Gasteiger partial charge in [-0.25, -0.2) is 4.79 Å². The molecule has 5 heteroatoms. The molecule has 0 rings (SSSR count). The molecule has 0 unspecified atom stereocenters. The van der Waals surface area contributed by atoms with Crippen LogP contribution in [0.4, 0.5) is 13.2 Å². The van der Waals surface area contributed by atoms with Crippen molar-refractivity contribution in [1.82, 2.24) is 0 Å². The lowest BCUT2D eigenvalue weighted by atomic mass is 10.2. The first-order valence-corrected chi connectivity index (χ1v) is 3.53. The van der Waals surface area contributed by atoms with Gasteiger partial charge >= 0.3 is 12.1 Å². The van der Waals surface area contributed by atoms with Crippen molar-refractivity contribution in [3.8, 4) is 0 Å². The summed E-state index contributed by atoms with van der Waals surface area (Å²) in [5.41, 5.74) is -2.42. The van der Waals surface area contributed by atoms with E-state index < -0.39 is 23.3 Å². The summed E-state index contributed by atoms with van der Waals surface area (Å²) < 4.78 is 40.1. The van der Waals surface area contributed by atoms with Crippen LogP contribution >= 0.6 is 0 Å². The molecule has 0 fully saturated rings. The van der Waals surface area contributed by atoms with Gasteiger partial charge in [0.15, 0.2) is 0 Å². The van der Waals surface area contributed by atoms with Gasteiger partial charge in [-0.2, -0.15) is 13.2 Å². The SMILES string of the molecule is C=C(C(=O)OC(C)(C)C)C(F)(F)F. The Bertz CT molecular complexity index is 223. The fraction of sp³-hybridized carbons (Fsp3) is 0.625. The second-order valence-electron chi connectivity index (χ2n) is 3.48. The van der Waals surface area contributed by atoms with Gasteiger partial charge in [0.05, 0.1) is 0 Å². The summed E-state index contributed by atoms with van der Waals surface area (Å²) in [5.74, 6) is -1.43. The fourth-order valence-corrected chi connectivity index (χ4v) is 0.455. The first-order chi connectivity index (χ1) is 5.54. The van der Waals surface area contributed by atoms with Crippen molar-refractivity contribution in [3.63, 3.8) is 0 Å². The smallest absolute Gasteiger partial charge is 0.422 e. The van der Waals surface area contributed by atoms with Crippen molar-refractivity contribution in [2.75, 3.05) is 0 Å². The number of hydrogen-bond acceptors (Lipinski definition) is 2. The Morgan fingerprint density at radius 3 is 1.85 bits per heavy atom. The second kappa shape index (κ2) is 3.40. The maximum absolute atomic E-state index is 11.9. The maximum Gasteiger partial charge on any atom is 0.422 e. The van der Waals surface area contributed by atoms with Crippen LogP contribution < -0.4 is 0 Å². The van der Waals surface area contributed by atoms with E-state index in [4.69, 9.17) is 0 Å². The minimum absolute atomic E-state index is 0.939. The van der Waals surface area contributed by atoms with Crippen LogP contribution in [0.3, 0.4) is 0 Å². The van der Waals surface area contributed by atoms with Crippen molar-refractivity contribution < 1.29 is 22.7 Å². The van der Waals surface area contributed by atoms with Gasteiger partial charge < -0.3 is 4.74 Å². The van der Waals surface area contributed by atoms with Crippen molar-refractivity contribution in [2.45, 2.75) is 32.5 Å². The van der Waals surface area contributed by atoms with Gasteiger partial charge in [-0.15, -0.1) is 0 Å². The summed E-state index contributed by atoms with van der Waals surface area (Å²) in [6.07, 6.45) is -4.72. The van der Waals surface area contributed by atoms with E-state index in [2.05, 4.69) is 11.3 Å². The Kier molecular flexibility index (Phi) is 3.13. The van der Waals surface area contributed by atoms with Crippen LogP contribution in [0.1, 0.15) is 20.8 Å². The molecule has 0 spiro atoms. The van der Waals surface area contributed by atoms with Crippen LogP contribution in [0.15, 0.2) is 12.2 Å². The molecule has 0 N–H and O–H groups in total. The highest BCUT2D eigenvalue weighted by molar-refractivity contribution is 5.89. The van der Waals surface area contributed by atoms with Gasteiger partial charge in [0, 0.05) is 0 Å². The molecule has 0 aromatic heterocycles. The van der Waals surface area contributed by atoms with Crippen molar-refractivity contribution in [3.05, 3.63) is 12.2 Å². The molecule has 0 bridgehead atoms. The van der Waals surface area contributed by atoms with Gasteiger partial charge in [-0.05, 0) is 20.8 Å². The molecule has 13 heavy (non-hydrogen) atoms. The zero-order chi connectivity index (χ0) is 10.9. The Morgan fingerprint density at radius 1 is 1.23 bits per heavy atom. The van der Waals surface area contributed by atoms with E-state index in [1.54, 1.807) is 0 Å². The highest BCUT2D eigenvalue weighted by atomic mass is 19.4. The summed E-state index contributed by atoms with van der Waals surface area (Å²) in [4.78, 5) is 10.8. The van der Waals surface area contributed by atoms with E-state index in [-0.39, 0.29) is 0 Å². The number of alkyl halides is 3. The van der Waals surface area contributed by atoms with E-state index in [1.165, 1.54) is 20.8 Å². The normalized spacial score (nSPS) is 12.5. The number of rotatable bonds is 1. The first kappa shape index (κ1) is 12.0. The Hall–Kier alpha value is -1.00. The van der Waals surface area contributed by atoms with E-state index in [0.29, 0.717) is 0 Å². The molecule has 0 radical (unpaired) electrons. The minimum Gasteiger partial charge on any atom is -0.456 e. The van der Waals surface area contributed by atoms with Crippen LogP contribution in [-0.2, 0) is 9.53 Å². The molecule has 0 heterocycles. The lowest BCUT2D eigenvalue weighted by molar-refractivity contribution is -0.160. The largest absolute Gasteiger partial charge is 0.456 e. The summed E-state index contributed by atoms with van der Waals surface area (Å²) in [5, 5.41) is 0. The van der Waals surface area contributed by atoms with E-state index in [1.807, 2.05) is 0 Å². The summed E-state index contributed by atoms with van der Waals surface area (Å²) in [6.45, 7) is 7.05. The average molecular weight is 196 g/mol. The van der Waals surface area contributed by atoms with Crippen LogP contribution in [0.2, 0.25) is 0 Å². The predicted octanol–water partition coefficient (Wildman–Crippen LogP) is 2.45. The van der Waals surface area contributed by atoms with Gasteiger partial charge in [0.2, 0.25) is 0 Å². The molecule has 0 aliphatic carbocycles. The van der Waals surface area contributed by atoms with E-state index in [0.717, 1.165) is 0 Å². The van der Waals surface area contributed by atoms with Gasteiger partial charge in [-0.1, -0.05) is 6.58 Å². The van der Waals surface area contributed by atoms with Gasteiger partial charge in [-0.3, -0.25) is 0 Å². The van der Waals surface area contributed by atoms with Crippen LogP contribution in [-0.4, -0.2) is 17.7 Å². The molecule has 0 saturated heterocycles. The number of halogens is 3. The summed E-state index contributed by atoms with van der Waals surface area (Å²) in [6, 6.07) is 0. The monoisotopic (exact) mass is 196 g/mol. The first-order valence-electron chi connectivity index (χ1n) is 3.53. The number of carbonyl (C=O) groups is 1. The number of esters is 1. The average Bonchev–Trinajstić information content (AvgIpc) is 1.79. The molecular formula is C8H11F3O2. The molecule has 0 aliphatic rings.